The van der Waals surface area contributed by atoms with E-state index in [2.05, 4.69) is 4.98 Å². The summed E-state index contributed by atoms with van der Waals surface area (Å²) < 4.78 is 17.6. The number of ether oxygens (including phenoxy) is 1. The summed E-state index contributed by atoms with van der Waals surface area (Å²) in [6, 6.07) is 6.05. The maximum Gasteiger partial charge on any atom is 0.367 e. The number of hydrogen-bond acceptors (Lipinski definition) is 4. The molecule has 0 atom stereocenters. The lowest BCUT2D eigenvalue weighted by atomic mass is 10.2. The molecule has 0 aliphatic carbocycles. The van der Waals surface area contributed by atoms with Gasteiger partial charge in [-0.15, -0.1) is 11.3 Å². The van der Waals surface area contributed by atoms with Crippen LogP contribution < -0.4 is 0 Å². The zero-order valence-corrected chi connectivity index (χ0v) is 9.96. The molecule has 0 radical (unpaired) electrons. The molecule has 0 unspecified atom stereocenters. The third kappa shape index (κ3) is 2.68. The highest BCUT2D eigenvalue weighted by Gasteiger charge is 2.12. The van der Waals surface area contributed by atoms with Crippen LogP contribution in [-0.4, -0.2) is 17.6 Å². The van der Waals surface area contributed by atoms with Crippen LogP contribution in [0.4, 0.5) is 4.39 Å². The van der Waals surface area contributed by atoms with Crippen molar-refractivity contribution in [3.05, 3.63) is 41.3 Å². The van der Waals surface area contributed by atoms with Crippen molar-refractivity contribution in [1.29, 1.82) is 0 Å². The summed E-state index contributed by atoms with van der Waals surface area (Å²) >= 11 is 1.23. The molecule has 1 aromatic carbocycles. The van der Waals surface area contributed by atoms with Crippen molar-refractivity contribution in [3.8, 4) is 10.4 Å². The normalized spacial score (nSPS) is 10.2. The van der Waals surface area contributed by atoms with E-state index in [1.54, 1.807) is 25.3 Å². The first-order valence-corrected chi connectivity index (χ1v) is 5.91. The van der Waals surface area contributed by atoms with Crippen molar-refractivity contribution in [2.24, 2.45) is 0 Å². The average Bonchev–Trinajstić information content (AvgIpc) is 2.80. The number of halogens is 1. The van der Waals surface area contributed by atoms with Crippen molar-refractivity contribution < 1.29 is 13.9 Å². The van der Waals surface area contributed by atoms with Crippen LogP contribution in [0.15, 0.2) is 30.5 Å². The van der Waals surface area contributed by atoms with E-state index >= 15 is 0 Å². The summed E-state index contributed by atoms with van der Waals surface area (Å²) in [6.07, 6.45) is 1.59. The lowest BCUT2D eigenvalue weighted by molar-refractivity contribution is 0.0526. The molecule has 2 aromatic rings. The number of benzene rings is 1. The van der Waals surface area contributed by atoms with Crippen LogP contribution in [0.5, 0.6) is 0 Å². The largest absolute Gasteiger partial charge is 0.461 e. The molecule has 0 aliphatic rings. The molecular weight excluding hydrogens is 241 g/mol. The minimum Gasteiger partial charge on any atom is -0.461 e. The molecule has 88 valence electrons. The third-order valence-corrected chi connectivity index (χ3v) is 3.11. The first-order chi connectivity index (χ1) is 8.20. The number of carbonyl (C=O) groups is 1. The summed E-state index contributed by atoms with van der Waals surface area (Å²) in [5, 5.41) is 0.311. The Morgan fingerprint density at radius 2 is 2.12 bits per heavy atom. The van der Waals surface area contributed by atoms with E-state index < -0.39 is 5.97 Å². The van der Waals surface area contributed by atoms with Crippen LogP contribution in [0.2, 0.25) is 0 Å². The highest BCUT2D eigenvalue weighted by molar-refractivity contribution is 7.16. The van der Waals surface area contributed by atoms with Crippen molar-refractivity contribution in [3.63, 3.8) is 0 Å². The standard InChI is InChI=1S/C12H10FNO2S/c1-2-16-12(15)11-14-7-10(17-11)8-3-5-9(13)6-4-8/h3-7H,2H2,1H3. The molecule has 0 N–H and O–H groups in total. The summed E-state index contributed by atoms with van der Waals surface area (Å²) in [5.74, 6) is -0.713. The monoisotopic (exact) mass is 251 g/mol. The van der Waals surface area contributed by atoms with Gasteiger partial charge in [0.1, 0.15) is 5.82 Å². The fraction of sp³-hybridized carbons (Fsp3) is 0.167. The van der Waals surface area contributed by atoms with Crippen LogP contribution >= 0.6 is 11.3 Å². The fourth-order valence-corrected chi connectivity index (χ4v) is 2.12. The molecule has 2 rings (SSSR count). The van der Waals surface area contributed by atoms with E-state index in [0.29, 0.717) is 11.6 Å². The highest BCUT2D eigenvalue weighted by atomic mass is 32.1. The van der Waals surface area contributed by atoms with E-state index in [4.69, 9.17) is 4.74 Å². The predicted molar refractivity (Wildman–Crippen MR) is 63.5 cm³/mol. The number of hydrogen-bond donors (Lipinski definition) is 0. The van der Waals surface area contributed by atoms with Crippen LogP contribution in [0.25, 0.3) is 10.4 Å². The molecule has 3 nitrogen and oxygen atoms in total. The van der Waals surface area contributed by atoms with Gasteiger partial charge in [-0.3, -0.25) is 0 Å². The third-order valence-electron chi connectivity index (χ3n) is 2.08. The van der Waals surface area contributed by atoms with Crippen LogP contribution in [0.3, 0.4) is 0 Å². The van der Waals surface area contributed by atoms with Gasteiger partial charge in [0.15, 0.2) is 0 Å². The first kappa shape index (κ1) is 11.7. The van der Waals surface area contributed by atoms with Crippen molar-refractivity contribution in [1.82, 2.24) is 4.98 Å². The first-order valence-electron chi connectivity index (χ1n) is 5.09. The lowest BCUT2D eigenvalue weighted by Crippen LogP contribution is -2.03. The minimum absolute atomic E-state index is 0.288. The number of rotatable bonds is 3. The smallest absolute Gasteiger partial charge is 0.367 e. The second-order valence-corrected chi connectivity index (χ2v) is 4.29. The molecule has 0 bridgehead atoms. The Kier molecular flexibility index (Phi) is 3.49. The number of aromatic nitrogens is 1. The molecule has 0 saturated carbocycles. The number of thiazole rings is 1. The Hall–Kier alpha value is -1.75. The van der Waals surface area contributed by atoms with Crippen molar-refractivity contribution in [2.75, 3.05) is 6.61 Å². The van der Waals surface area contributed by atoms with Crippen molar-refractivity contribution in [2.45, 2.75) is 6.92 Å². The fourth-order valence-electron chi connectivity index (χ4n) is 1.31. The van der Waals surface area contributed by atoms with Gasteiger partial charge < -0.3 is 4.74 Å². The van der Waals surface area contributed by atoms with Gasteiger partial charge >= 0.3 is 5.97 Å². The molecule has 0 fully saturated rings. The molecule has 1 aromatic heterocycles. The van der Waals surface area contributed by atoms with E-state index in [1.165, 1.54) is 23.5 Å². The highest BCUT2D eigenvalue weighted by Crippen LogP contribution is 2.26. The van der Waals surface area contributed by atoms with E-state index in [0.717, 1.165) is 10.4 Å². The molecule has 0 spiro atoms. The molecule has 5 heteroatoms. The van der Waals surface area contributed by atoms with E-state index in [1.807, 2.05) is 0 Å². The second kappa shape index (κ2) is 5.05. The maximum absolute atomic E-state index is 12.7. The van der Waals surface area contributed by atoms with Crippen molar-refractivity contribution >= 4 is 17.3 Å². The van der Waals surface area contributed by atoms with Gasteiger partial charge in [0.05, 0.1) is 11.5 Å². The average molecular weight is 251 g/mol. The Morgan fingerprint density at radius 3 is 2.76 bits per heavy atom. The zero-order chi connectivity index (χ0) is 12.3. The van der Waals surface area contributed by atoms with Crippen LogP contribution in [0, 0.1) is 5.82 Å². The van der Waals surface area contributed by atoms with Gasteiger partial charge in [0.25, 0.3) is 0 Å². The van der Waals surface area contributed by atoms with E-state index in [-0.39, 0.29) is 5.82 Å². The summed E-state index contributed by atoms with van der Waals surface area (Å²) in [7, 11) is 0. The second-order valence-electron chi connectivity index (χ2n) is 3.26. The lowest BCUT2D eigenvalue weighted by Gasteiger charge is -1.96. The summed E-state index contributed by atoms with van der Waals surface area (Å²) in [4.78, 5) is 16.2. The Bertz CT molecular complexity index is 522. The van der Waals surface area contributed by atoms with Gasteiger partial charge in [-0.2, -0.15) is 0 Å². The summed E-state index contributed by atoms with van der Waals surface area (Å²) in [6.45, 7) is 2.07. The molecule has 1 heterocycles. The van der Waals surface area contributed by atoms with Crippen LogP contribution in [0.1, 0.15) is 16.7 Å². The van der Waals surface area contributed by atoms with Gasteiger partial charge in [0.2, 0.25) is 5.01 Å². The zero-order valence-electron chi connectivity index (χ0n) is 9.14. The minimum atomic E-state index is -0.425. The number of esters is 1. The SMILES string of the molecule is CCOC(=O)c1ncc(-c2ccc(F)cc2)s1. The van der Waals surface area contributed by atoms with Gasteiger partial charge in [-0.1, -0.05) is 12.1 Å². The molecule has 17 heavy (non-hydrogen) atoms. The van der Waals surface area contributed by atoms with E-state index in [9.17, 15) is 9.18 Å². The Balaban J connectivity index is 2.23. The maximum atomic E-state index is 12.7. The molecule has 0 saturated heterocycles. The Morgan fingerprint density at radius 1 is 1.41 bits per heavy atom. The summed E-state index contributed by atoms with van der Waals surface area (Å²) in [5.41, 5.74) is 0.833. The van der Waals surface area contributed by atoms with Gasteiger partial charge in [0, 0.05) is 6.20 Å². The Labute approximate surface area is 102 Å². The predicted octanol–water partition coefficient (Wildman–Crippen LogP) is 3.13. The quantitative estimate of drug-likeness (QED) is 0.787. The number of nitrogens with zero attached hydrogens (tertiary/aromatic N) is 1. The van der Waals surface area contributed by atoms with Crippen LogP contribution in [-0.2, 0) is 4.74 Å². The molecule has 0 aliphatic heterocycles. The number of carbonyl (C=O) groups excluding carboxylic acids is 1. The van der Waals surface area contributed by atoms with Gasteiger partial charge in [-0.25, -0.2) is 14.2 Å². The topological polar surface area (TPSA) is 39.2 Å². The molecule has 0 amide bonds. The molecular formula is C12H10FNO2S. The van der Waals surface area contributed by atoms with Gasteiger partial charge in [-0.05, 0) is 24.6 Å².